The monoisotopic (exact) mass is 484 g/mol. The van der Waals surface area contributed by atoms with Gasteiger partial charge in [-0.15, -0.1) is 0 Å². The van der Waals surface area contributed by atoms with Gasteiger partial charge in [0.15, 0.2) is 11.5 Å². The summed E-state index contributed by atoms with van der Waals surface area (Å²) in [5.41, 5.74) is 0.963. The molecular formula is C23H21BrN2O5. The number of hydrogen-bond acceptors (Lipinski definition) is 6. The molecule has 1 aliphatic rings. The Bertz CT molecular complexity index is 1170. The summed E-state index contributed by atoms with van der Waals surface area (Å²) in [5.74, 6) is -1.73. The fourth-order valence-corrected chi connectivity index (χ4v) is 3.99. The fraction of sp³-hybridized carbons (Fsp3) is 0.261. The van der Waals surface area contributed by atoms with Crippen molar-refractivity contribution in [3.05, 3.63) is 75.9 Å². The topological polar surface area (TPSA) is 92.9 Å². The van der Waals surface area contributed by atoms with Crippen LogP contribution >= 0.6 is 15.9 Å². The van der Waals surface area contributed by atoms with Crippen LogP contribution < -0.4 is 0 Å². The Morgan fingerprint density at radius 2 is 2.10 bits per heavy atom. The third-order valence-corrected chi connectivity index (χ3v) is 5.49. The molecule has 0 bridgehead atoms. The lowest BCUT2D eigenvalue weighted by Crippen LogP contribution is -2.35. The summed E-state index contributed by atoms with van der Waals surface area (Å²) in [6, 6.07) is 11.4. The molecule has 0 radical (unpaired) electrons. The van der Waals surface area contributed by atoms with Crippen molar-refractivity contribution in [1.82, 2.24) is 9.88 Å². The Morgan fingerprint density at radius 3 is 2.81 bits per heavy atom. The summed E-state index contributed by atoms with van der Waals surface area (Å²) in [6.07, 6.45) is 1.57. The second-order valence-corrected chi connectivity index (χ2v) is 8.38. The van der Waals surface area contributed by atoms with Crippen LogP contribution in [0.5, 0.6) is 0 Å². The molecule has 160 valence electrons. The zero-order chi connectivity index (χ0) is 22.1. The fourth-order valence-electron chi connectivity index (χ4n) is 3.61. The number of halogens is 1. The van der Waals surface area contributed by atoms with E-state index >= 15 is 0 Å². The number of aliphatic hydroxyl groups excluding tert-OH is 1. The molecule has 0 spiro atoms. The molecule has 1 aliphatic heterocycles. The van der Waals surface area contributed by atoms with E-state index < -0.39 is 23.5 Å². The molecule has 1 N–H and O–H groups in total. The predicted octanol–water partition coefficient (Wildman–Crippen LogP) is 4.59. The van der Waals surface area contributed by atoms with E-state index in [0.717, 1.165) is 9.86 Å². The van der Waals surface area contributed by atoms with E-state index in [1.165, 1.54) is 4.90 Å². The zero-order valence-electron chi connectivity index (χ0n) is 17.0. The van der Waals surface area contributed by atoms with Gasteiger partial charge in [-0.05, 0) is 50.2 Å². The lowest BCUT2D eigenvalue weighted by atomic mass is 9.98. The first kappa shape index (κ1) is 21.3. The molecule has 1 atom stereocenters. The number of Topliss-reactive ketones (excluding diaryl/α,β-unsaturated/α-hetero) is 1. The van der Waals surface area contributed by atoms with Gasteiger partial charge < -0.3 is 19.2 Å². The van der Waals surface area contributed by atoms with Gasteiger partial charge in [0, 0.05) is 22.6 Å². The van der Waals surface area contributed by atoms with Crippen molar-refractivity contribution in [1.29, 1.82) is 0 Å². The van der Waals surface area contributed by atoms with Crippen LogP contribution in [0.1, 0.15) is 36.1 Å². The number of ether oxygens (including phenoxy) is 1. The van der Waals surface area contributed by atoms with Crippen LogP contribution in [0.4, 0.5) is 0 Å². The number of pyridine rings is 1. The van der Waals surface area contributed by atoms with Gasteiger partial charge in [0.2, 0.25) is 5.78 Å². The second-order valence-electron chi connectivity index (χ2n) is 7.46. The number of aliphatic hydroxyl groups is 1. The highest BCUT2D eigenvalue weighted by Gasteiger charge is 2.45. The number of carbonyl (C=O) groups excluding carboxylic acids is 2. The van der Waals surface area contributed by atoms with Crippen molar-refractivity contribution in [3.63, 3.8) is 0 Å². The molecule has 3 aromatic rings. The molecule has 0 aliphatic carbocycles. The van der Waals surface area contributed by atoms with Crippen molar-refractivity contribution in [2.45, 2.75) is 26.0 Å². The molecule has 7 nitrogen and oxygen atoms in total. The lowest BCUT2D eigenvalue weighted by Gasteiger charge is -2.26. The molecule has 1 unspecified atom stereocenters. The molecule has 3 heterocycles. The summed E-state index contributed by atoms with van der Waals surface area (Å²) >= 11 is 3.40. The molecule has 4 rings (SSSR count). The highest BCUT2D eigenvalue weighted by atomic mass is 79.9. The number of carbonyl (C=O) groups is 2. The Balaban J connectivity index is 1.73. The standard InChI is InChI=1S/C23H21BrN2O5/c1-13(2)30-10-9-26-20(16-5-3-4-8-25-16)19(22(28)23(26)29)21(27)18-12-14-11-15(24)6-7-17(14)31-18/h3-8,11-13,20,28H,9-10H2,1-2H3. The summed E-state index contributed by atoms with van der Waals surface area (Å²) in [5, 5.41) is 11.4. The Morgan fingerprint density at radius 1 is 1.29 bits per heavy atom. The molecular weight excluding hydrogens is 464 g/mol. The van der Waals surface area contributed by atoms with Crippen molar-refractivity contribution in [3.8, 4) is 0 Å². The molecule has 0 saturated carbocycles. The Labute approximate surface area is 187 Å². The minimum atomic E-state index is -0.836. The highest BCUT2D eigenvalue weighted by molar-refractivity contribution is 9.10. The van der Waals surface area contributed by atoms with Crippen molar-refractivity contribution in [2.75, 3.05) is 13.2 Å². The molecule has 2 aromatic heterocycles. The van der Waals surface area contributed by atoms with Gasteiger partial charge in [-0.25, -0.2) is 0 Å². The number of fused-ring (bicyclic) bond motifs is 1. The van der Waals surface area contributed by atoms with Crippen molar-refractivity contribution >= 4 is 38.6 Å². The number of aromatic nitrogens is 1. The maximum atomic E-state index is 13.4. The van der Waals surface area contributed by atoms with E-state index in [1.54, 1.807) is 36.5 Å². The van der Waals surface area contributed by atoms with E-state index in [4.69, 9.17) is 9.15 Å². The van der Waals surface area contributed by atoms with E-state index in [-0.39, 0.29) is 30.6 Å². The first-order valence-corrected chi connectivity index (χ1v) is 10.7. The minimum Gasteiger partial charge on any atom is -0.503 e. The number of ketones is 1. The largest absolute Gasteiger partial charge is 0.503 e. The second kappa shape index (κ2) is 8.64. The minimum absolute atomic E-state index is 0.0106. The summed E-state index contributed by atoms with van der Waals surface area (Å²) in [6.45, 7) is 4.26. The van der Waals surface area contributed by atoms with Crippen molar-refractivity contribution < 1.29 is 23.8 Å². The molecule has 1 amide bonds. The average molecular weight is 485 g/mol. The zero-order valence-corrected chi connectivity index (χ0v) is 18.6. The van der Waals surface area contributed by atoms with Gasteiger partial charge in [-0.3, -0.25) is 14.6 Å². The number of rotatable bonds is 7. The van der Waals surface area contributed by atoms with Crippen LogP contribution in [0.25, 0.3) is 11.0 Å². The van der Waals surface area contributed by atoms with E-state index in [2.05, 4.69) is 20.9 Å². The van der Waals surface area contributed by atoms with E-state index in [0.29, 0.717) is 11.3 Å². The van der Waals surface area contributed by atoms with Crippen LogP contribution in [0, 0.1) is 0 Å². The number of amides is 1. The molecule has 0 fully saturated rings. The molecule has 1 aromatic carbocycles. The maximum Gasteiger partial charge on any atom is 0.290 e. The lowest BCUT2D eigenvalue weighted by molar-refractivity contribution is -0.130. The highest BCUT2D eigenvalue weighted by Crippen LogP contribution is 2.38. The van der Waals surface area contributed by atoms with E-state index in [1.807, 2.05) is 26.0 Å². The Hall–Kier alpha value is -2.97. The van der Waals surface area contributed by atoms with Gasteiger partial charge >= 0.3 is 0 Å². The van der Waals surface area contributed by atoms with Crippen molar-refractivity contribution in [2.24, 2.45) is 0 Å². The van der Waals surface area contributed by atoms with Crippen LogP contribution in [0.2, 0.25) is 0 Å². The summed E-state index contributed by atoms with van der Waals surface area (Å²) in [7, 11) is 0. The van der Waals surface area contributed by atoms with Crippen LogP contribution in [-0.2, 0) is 9.53 Å². The normalized spacial score (nSPS) is 16.7. The smallest absolute Gasteiger partial charge is 0.290 e. The summed E-state index contributed by atoms with van der Waals surface area (Å²) < 4.78 is 12.2. The van der Waals surface area contributed by atoms with Crippen LogP contribution in [0.3, 0.4) is 0 Å². The maximum absolute atomic E-state index is 13.4. The van der Waals surface area contributed by atoms with Gasteiger partial charge in [-0.2, -0.15) is 0 Å². The summed E-state index contributed by atoms with van der Waals surface area (Å²) in [4.78, 5) is 32.0. The number of benzene rings is 1. The third kappa shape index (κ3) is 4.13. The first-order chi connectivity index (χ1) is 14.9. The van der Waals surface area contributed by atoms with Gasteiger partial charge in [0.1, 0.15) is 11.6 Å². The first-order valence-electron chi connectivity index (χ1n) is 9.87. The SMILES string of the molecule is CC(C)OCCN1C(=O)C(O)=C(C(=O)c2cc3cc(Br)ccc3o2)C1c1ccccn1. The third-order valence-electron chi connectivity index (χ3n) is 5.00. The van der Waals surface area contributed by atoms with Gasteiger partial charge in [-0.1, -0.05) is 22.0 Å². The van der Waals surface area contributed by atoms with E-state index in [9.17, 15) is 14.7 Å². The quantitative estimate of drug-likeness (QED) is 0.492. The Kier molecular flexibility index (Phi) is 5.93. The average Bonchev–Trinajstić information content (AvgIpc) is 3.27. The van der Waals surface area contributed by atoms with Gasteiger partial charge in [0.25, 0.3) is 5.91 Å². The van der Waals surface area contributed by atoms with Crippen LogP contribution in [0.15, 0.2) is 68.9 Å². The van der Waals surface area contributed by atoms with Crippen LogP contribution in [-0.4, -0.2) is 45.9 Å². The van der Waals surface area contributed by atoms with Gasteiger partial charge in [0.05, 0.1) is 24.0 Å². The number of hydrogen-bond donors (Lipinski definition) is 1. The number of nitrogens with zero attached hydrogens (tertiary/aromatic N) is 2. The molecule has 8 heteroatoms. The number of furan rings is 1. The predicted molar refractivity (Wildman–Crippen MR) is 118 cm³/mol. The molecule has 0 saturated heterocycles. The molecule has 31 heavy (non-hydrogen) atoms.